The zero-order valence-corrected chi connectivity index (χ0v) is 12.1. The summed E-state index contributed by atoms with van der Waals surface area (Å²) >= 11 is 4.70. The third kappa shape index (κ3) is 4.01. The van der Waals surface area contributed by atoms with Crippen molar-refractivity contribution in [3.05, 3.63) is 64.1 Å². The second-order valence-corrected chi connectivity index (χ2v) is 5.79. The van der Waals surface area contributed by atoms with Crippen LogP contribution >= 0.6 is 27.7 Å². The normalized spacial score (nSPS) is 11.6. The Morgan fingerprint density at radius 2 is 1.68 bits per heavy atom. The Bertz CT molecular complexity index is 552. The number of benzene rings is 2. The van der Waals surface area contributed by atoms with Gasteiger partial charge < -0.3 is 0 Å². The van der Waals surface area contributed by atoms with Gasteiger partial charge >= 0.3 is 6.18 Å². The number of thioether (sulfide) groups is 1. The zero-order chi connectivity index (χ0) is 13.9. The summed E-state index contributed by atoms with van der Waals surface area (Å²) in [6, 6.07) is 13.5. The summed E-state index contributed by atoms with van der Waals surface area (Å²) in [6.45, 7) is 0. The Labute approximate surface area is 122 Å². The van der Waals surface area contributed by atoms with E-state index in [1.807, 2.05) is 30.3 Å². The van der Waals surface area contributed by atoms with Crippen LogP contribution in [0.3, 0.4) is 0 Å². The van der Waals surface area contributed by atoms with Crippen molar-refractivity contribution in [2.75, 3.05) is 0 Å². The van der Waals surface area contributed by atoms with E-state index in [0.717, 1.165) is 28.3 Å². The summed E-state index contributed by atoms with van der Waals surface area (Å²) in [5.41, 5.74) is 0.503. The monoisotopic (exact) mass is 346 g/mol. The fourth-order valence-electron chi connectivity index (χ4n) is 1.53. The summed E-state index contributed by atoms with van der Waals surface area (Å²) in [5.74, 6) is 0.727. The first-order valence-corrected chi connectivity index (χ1v) is 7.28. The van der Waals surface area contributed by atoms with E-state index >= 15 is 0 Å². The maximum atomic E-state index is 12.5. The van der Waals surface area contributed by atoms with Crippen LogP contribution < -0.4 is 0 Å². The molecule has 2 aromatic rings. The summed E-state index contributed by atoms with van der Waals surface area (Å²) in [4.78, 5) is 0.803. The molecule has 2 aromatic carbocycles. The number of hydrogen-bond acceptors (Lipinski definition) is 1. The van der Waals surface area contributed by atoms with E-state index < -0.39 is 11.7 Å². The molecule has 0 saturated heterocycles. The largest absolute Gasteiger partial charge is 0.416 e. The third-order valence-electron chi connectivity index (χ3n) is 2.50. The Balaban J connectivity index is 2.10. The van der Waals surface area contributed by atoms with Crippen molar-refractivity contribution >= 4 is 27.7 Å². The first-order chi connectivity index (χ1) is 8.97. The number of rotatable bonds is 3. The molecular formula is C14H10BrF3S. The van der Waals surface area contributed by atoms with Crippen molar-refractivity contribution < 1.29 is 13.2 Å². The molecule has 0 aliphatic rings. The van der Waals surface area contributed by atoms with E-state index in [4.69, 9.17) is 0 Å². The van der Waals surface area contributed by atoms with Gasteiger partial charge in [-0.15, -0.1) is 11.8 Å². The molecule has 0 heterocycles. The number of alkyl halides is 3. The molecule has 0 N–H and O–H groups in total. The molecule has 0 radical (unpaired) electrons. The molecule has 2 rings (SSSR count). The molecule has 0 aliphatic heterocycles. The van der Waals surface area contributed by atoms with Crippen molar-refractivity contribution in [1.82, 2.24) is 0 Å². The van der Waals surface area contributed by atoms with Gasteiger partial charge in [-0.2, -0.15) is 13.2 Å². The van der Waals surface area contributed by atoms with Crippen molar-refractivity contribution in [1.29, 1.82) is 0 Å². The van der Waals surface area contributed by atoms with E-state index in [0.29, 0.717) is 4.47 Å². The third-order valence-corrected chi connectivity index (χ3v) is 4.56. The lowest BCUT2D eigenvalue weighted by molar-refractivity contribution is -0.137. The van der Waals surface area contributed by atoms with Crippen molar-refractivity contribution in [2.24, 2.45) is 0 Å². The van der Waals surface area contributed by atoms with Crippen LogP contribution in [0.4, 0.5) is 13.2 Å². The summed E-state index contributed by atoms with van der Waals surface area (Å²) in [6.07, 6.45) is -4.30. The van der Waals surface area contributed by atoms with Crippen LogP contribution in [0.25, 0.3) is 0 Å². The minimum absolute atomic E-state index is 0.475. The van der Waals surface area contributed by atoms with Gasteiger partial charge in [0.05, 0.1) is 5.56 Å². The van der Waals surface area contributed by atoms with Gasteiger partial charge in [-0.25, -0.2) is 0 Å². The average molecular weight is 347 g/mol. The highest BCUT2D eigenvalue weighted by Gasteiger charge is 2.30. The molecule has 0 spiro atoms. The molecule has 0 aliphatic carbocycles. The van der Waals surface area contributed by atoms with Crippen molar-refractivity contribution in [3.63, 3.8) is 0 Å². The van der Waals surface area contributed by atoms with Crippen LogP contribution in [-0.2, 0) is 11.9 Å². The van der Waals surface area contributed by atoms with Crippen LogP contribution in [0.5, 0.6) is 0 Å². The smallest absolute Gasteiger partial charge is 0.166 e. The van der Waals surface area contributed by atoms with Crippen LogP contribution in [-0.4, -0.2) is 0 Å². The van der Waals surface area contributed by atoms with Crippen LogP contribution in [0, 0.1) is 0 Å². The van der Waals surface area contributed by atoms with Gasteiger partial charge in [0.1, 0.15) is 0 Å². The maximum absolute atomic E-state index is 12.5. The first kappa shape index (κ1) is 14.5. The summed E-state index contributed by atoms with van der Waals surface area (Å²) < 4.78 is 38.0. The quantitative estimate of drug-likeness (QED) is 0.636. The van der Waals surface area contributed by atoms with Crippen LogP contribution in [0.15, 0.2) is 57.9 Å². The van der Waals surface area contributed by atoms with Gasteiger partial charge in [-0.1, -0.05) is 30.3 Å². The molecule has 0 atom stereocenters. The minimum Gasteiger partial charge on any atom is -0.166 e. The Kier molecular flexibility index (Phi) is 4.58. The highest BCUT2D eigenvalue weighted by Crippen LogP contribution is 2.36. The van der Waals surface area contributed by atoms with Gasteiger partial charge in [0.25, 0.3) is 0 Å². The van der Waals surface area contributed by atoms with Crippen molar-refractivity contribution in [3.8, 4) is 0 Å². The van der Waals surface area contributed by atoms with Gasteiger partial charge in [-0.3, -0.25) is 0 Å². The van der Waals surface area contributed by atoms with E-state index in [1.54, 1.807) is 0 Å². The highest BCUT2D eigenvalue weighted by molar-refractivity contribution is 9.10. The van der Waals surface area contributed by atoms with Gasteiger partial charge in [0, 0.05) is 15.1 Å². The van der Waals surface area contributed by atoms with Crippen LogP contribution in [0.1, 0.15) is 11.1 Å². The predicted molar refractivity (Wildman–Crippen MR) is 75.1 cm³/mol. The second-order valence-electron chi connectivity index (χ2n) is 3.92. The highest BCUT2D eigenvalue weighted by atomic mass is 79.9. The van der Waals surface area contributed by atoms with Gasteiger partial charge in [0.15, 0.2) is 0 Å². The minimum atomic E-state index is -4.30. The van der Waals surface area contributed by atoms with E-state index in [2.05, 4.69) is 15.9 Å². The maximum Gasteiger partial charge on any atom is 0.416 e. The molecule has 5 heteroatoms. The molecule has 19 heavy (non-hydrogen) atoms. The van der Waals surface area contributed by atoms with E-state index in [-0.39, 0.29) is 0 Å². The fourth-order valence-corrected chi connectivity index (χ4v) is 3.13. The molecule has 0 fully saturated rings. The van der Waals surface area contributed by atoms with Gasteiger partial charge in [0.2, 0.25) is 0 Å². The molecule has 0 saturated carbocycles. The fraction of sp³-hybridized carbons (Fsp3) is 0.143. The second kappa shape index (κ2) is 6.01. The van der Waals surface area contributed by atoms with Gasteiger partial charge in [-0.05, 0) is 39.7 Å². The van der Waals surface area contributed by atoms with E-state index in [1.165, 1.54) is 17.8 Å². The Morgan fingerprint density at radius 3 is 2.26 bits per heavy atom. The SMILES string of the molecule is FC(F)(F)c1ccc(SCc2ccccc2)c(Br)c1. The Morgan fingerprint density at radius 1 is 1.00 bits per heavy atom. The van der Waals surface area contributed by atoms with Crippen molar-refractivity contribution in [2.45, 2.75) is 16.8 Å². The Hall–Kier alpha value is -0.940. The molecule has 0 bridgehead atoms. The lowest BCUT2D eigenvalue weighted by Crippen LogP contribution is -2.04. The summed E-state index contributed by atoms with van der Waals surface area (Å²) in [7, 11) is 0. The first-order valence-electron chi connectivity index (χ1n) is 5.50. The molecule has 0 amide bonds. The van der Waals surface area contributed by atoms with E-state index in [9.17, 15) is 13.2 Å². The lowest BCUT2D eigenvalue weighted by atomic mass is 10.2. The number of halogens is 4. The molecule has 100 valence electrons. The standard InChI is InChI=1S/C14H10BrF3S/c15-12-8-11(14(16,17)18)6-7-13(12)19-9-10-4-2-1-3-5-10/h1-8H,9H2. The number of hydrogen-bond donors (Lipinski definition) is 0. The topological polar surface area (TPSA) is 0 Å². The predicted octanol–water partition coefficient (Wildman–Crippen LogP) is 5.76. The van der Waals surface area contributed by atoms with Crippen LogP contribution in [0.2, 0.25) is 0 Å². The summed E-state index contributed by atoms with van der Waals surface area (Å²) in [5, 5.41) is 0. The average Bonchev–Trinajstić information content (AvgIpc) is 2.37. The molecule has 0 nitrogen and oxygen atoms in total. The molecule has 0 unspecified atom stereocenters. The molecular weight excluding hydrogens is 337 g/mol. The molecule has 0 aromatic heterocycles. The lowest BCUT2D eigenvalue weighted by Gasteiger charge is -2.10. The zero-order valence-electron chi connectivity index (χ0n) is 9.75.